The van der Waals surface area contributed by atoms with Gasteiger partial charge in [0.1, 0.15) is 0 Å². The number of aryl methyl sites for hydroxylation is 2. The second-order valence-electron chi connectivity index (χ2n) is 4.63. The lowest BCUT2D eigenvalue weighted by Gasteiger charge is -2.18. The monoisotopic (exact) mass is 246 g/mol. The molecule has 1 atom stereocenters. The average molecular weight is 247 g/mol. The molecule has 88 valence electrons. The predicted molar refractivity (Wildman–Crippen MR) is 69.4 cm³/mol. The molecule has 0 saturated heterocycles. The molecule has 0 amide bonds. The first kappa shape index (κ1) is 10.8. The maximum Gasteiger partial charge on any atom is 0.0865 e. The third kappa shape index (κ3) is 2.09. The first-order valence-corrected chi connectivity index (χ1v) is 6.52. The zero-order chi connectivity index (χ0) is 11.7. The molecule has 1 aliphatic rings. The molecule has 1 unspecified atom stereocenters. The largest absolute Gasteiger partial charge is 0.285 e. The molecule has 0 aliphatic heterocycles. The number of rotatable bonds is 2. The van der Waals surface area contributed by atoms with Gasteiger partial charge in [0, 0.05) is 11.8 Å². The minimum atomic E-state index is -0.0963. The number of nitrogens with one attached hydrogen (secondary N) is 1. The molecular weight excluding hydrogens is 232 g/mol. The maximum absolute atomic E-state index is 6.46. The minimum absolute atomic E-state index is 0.0963. The normalized spacial score (nSPS) is 16.5. The van der Waals surface area contributed by atoms with E-state index in [4.69, 9.17) is 11.6 Å². The highest BCUT2D eigenvalue weighted by atomic mass is 35.5. The highest BCUT2D eigenvalue weighted by molar-refractivity contribution is 6.22. The Morgan fingerprint density at radius 3 is 2.71 bits per heavy atom. The van der Waals surface area contributed by atoms with Crippen LogP contribution in [0.15, 0.2) is 30.6 Å². The Hall–Kier alpha value is -1.28. The molecule has 0 radical (unpaired) electrons. The van der Waals surface area contributed by atoms with Gasteiger partial charge in [-0.2, -0.15) is 5.10 Å². The first-order chi connectivity index (χ1) is 8.34. The predicted octanol–water partition coefficient (Wildman–Crippen LogP) is 3.62. The van der Waals surface area contributed by atoms with Gasteiger partial charge in [-0.15, -0.1) is 11.6 Å². The van der Waals surface area contributed by atoms with Gasteiger partial charge in [0.05, 0.1) is 11.6 Å². The molecule has 0 bridgehead atoms. The van der Waals surface area contributed by atoms with E-state index in [2.05, 4.69) is 28.4 Å². The second kappa shape index (κ2) is 4.53. The zero-order valence-electron chi connectivity index (χ0n) is 9.62. The van der Waals surface area contributed by atoms with Gasteiger partial charge in [0.15, 0.2) is 0 Å². The van der Waals surface area contributed by atoms with E-state index >= 15 is 0 Å². The SMILES string of the molecule is ClC(c1cn[nH]c1)c1ccc2c(c1)CCCC2. The van der Waals surface area contributed by atoms with Gasteiger partial charge in [0.25, 0.3) is 0 Å². The van der Waals surface area contributed by atoms with E-state index in [1.807, 2.05) is 6.20 Å². The molecule has 3 heteroatoms. The van der Waals surface area contributed by atoms with Gasteiger partial charge in [0.2, 0.25) is 0 Å². The number of H-pyrrole nitrogens is 1. The summed E-state index contributed by atoms with van der Waals surface area (Å²) in [5, 5.41) is 6.66. The molecule has 1 aliphatic carbocycles. The molecule has 0 saturated carbocycles. The quantitative estimate of drug-likeness (QED) is 0.806. The first-order valence-electron chi connectivity index (χ1n) is 6.09. The number of halogens is 1. The number of aromatic nitrogens is 2. The fourth-order valence-electron chi connectivity index (χ4n) is 2.50. The number of hydrogen-bond donors (Lipinski definition) is 1. The maximum atomic E-state index is 6.46. The van der Waals surface area contributed by atoms with Crippen LogP contribution in [-0.4, -0.2) is 10.2 Å². The van der Waals surface area contributed by atoms with E-state index in [0.717, 1.165) is 5.56 Å². The lowest BCUT2D eigenvalue weighted by Crippen LogP contribution is -2.04. The lowest BCUT2D eigenvalue weighted by molar-refractivity contribution is 0.684. The highest BCUT2D eigenvalue weighted by Crippen LogP contribution is 2.31. The van der Waals surface area contributed by atoms with Crippen LogP contribution in [0, 0.1) is 0 Å². The highest BCUT2D eigenvalue weighted by Gasteiger charge is 2.15. The fraction of sp³-hybridized carbons (Fsp3) is 0.357. The molecule has 1 N–H and O–H groups in total. The van der Waals surface area contributed by atoms with Gasteiger partial charge in [-0.1, -0.05) is 18.2 Å². The number of fused-ring (bicyclic) bond motifs is 1. The van der Waals surface area contributed by atoms with Gasteiger partial charge in [-0.3, -0.25) is 5.10 Å². The topological polar surface area (TPSA) is 28.7 Å². The van der Waals surface area contributed by atoms with Gasteiger partial charge in [-0.05, 0) is 42.4 Å². The molecule has 17 heavy (non-hydrogen) atoms. The van der Waals surface area contributed by atoms with Crippen molar-refractivity contribution < 1.29 is 0 Å². The van der Waals surface area contributed by atoms with Gasteiger partial charge in [-0.25, -0.2) is 0 Å². The van der Waals surface area contributed by atoms with Crippen molar-refractivity contribution in [2.75, 3.05) is 0 Å². The van der Waals surface area contributed by atoms with E-state index in [0.29, 0.717) is 0 Å². The summed E-state index contributed by atoms with van der Waals surface area (Å²) < 4.78 is 0. The Morgan fingerprint density at radius 1 is 1.12 bits per heavy atom. The number of hydrogen-bond acceptors (Lipinski definition) is 1. The smallest absolute Gasteiger partial charge is 0.0865 e. The summed E-state index contributed by atoms with van der Waals surface area (Å²) in [6.45, 7) is 0. The minimum Gasteiger partial charge on any atom is -0.285 e. The molecule has 3 rings (SSSR count). The standard InChI is InChI=1S/C14H15ClN2/c15-14(13-8-16-17-9-13)12-6-5-10-3-1-2-4-11(10)7-12/h5-9,14H,1-4H2,(H,16,17). The average Bonchev–Trinajstić information content (AvgIpc) is 2.91. The van der Waals surface area contributed by atoms with Crippen molar-refractivity contribution in [3.8, 4) is 0 Å². The van der Waals surface area contributed by atoms with E-state index in [-0.39, 0.29) is 5.38 Å². The second-order valence-corrected chi connectivity index (χ2v) is 5.07. The van der Waals surface area contributed by atoms with Crippen LogP contribution < -0.4 is 0 Å². The number of alkyl halides is 1. The Labute approximate surface area is 106 Å². The van der Waals surface area contributed by atoms with Crippen LogP contribution >= 0.6 is 11.6 Å². The fourth-order valence-corrected chi connectivity index (χ4v) is 2.76. The molecule has 1 aromatic heterocycles. The van der Waals surface area contributed by atoms with Crippen molar-refractivity contribution in [1.29, 1.82) is 0 Å². The Kier molecular flexibility index (Phi) is 2.89. The Bertz CT molecular complexity index is 505. The summed E-state index contributed by atoms with van der Waals surface area (Å²) in [7, 11) is 0. The summed E-state index contributed by atoms with van der Waals surface area (Å²) >= 11 is 6.46. The molecule has 0 spiro atoms. The van der Waals surface area contributed by atoms with E-state index < -0.39 is 0 Å². The van der Waals surface area contributed by atoms with E-state index in [1.165, 1.54) is 42.4 Å². The Balaban J connectivity index is 1.93. The van der Waals surface area contributed by atoms with Crippen LogP contribution in [0.25, 0.3) is 0 Å². The van der Waals surface area contributed by atoms with Crippen LogP contribution in [0.2, 0.25) is 0 Å². The van der Waals surface area contributed by atoms with Crippen LogP contribution in [-0.2, 0) is 12.8 Å². The summed E-state index contributed by atoms with van der Waals surface area (Å²) in [6.07, 6.45) is 8.67. The molecule has 2 aromatic rings. The van der Waals surface area contributed by atoms with Gasteiger partial charge < -0.3 is 0 Å². The van der Waals surface area contributed by atoms with Crippen molar-refractivity contribution in [3.05, 3.63) is 52.8 Å². The molecule has 2 nitrogen and oxygen atoms in total. The van der Waals surface area contributed by atoms with Crippen molar-refractivity contribution in [2.45, 2.75) is 31.1 Å². The number of benzene rings is 1. The Morgan fingerprint density at radius 2 is 1.94 bits per heavy atom. The van der Waals surface area contributed by atoms with Crippen molar-refractivity contribution in [1.82, 2.24) is 10.2 Å². The summed E-state index contributed by atoms with van der Waals surface area (Å²) in [5.41, 5.74) is 5.18. The number of aromatic amines is 1. The molecular formula is C14H15ClN2. The van der Waals surface area contributed by atoms with E-state index in [1.54, 1.807) is 6.20 Å². The molecule has 1 heterocycles. The van der Waals surface area contributed by atoms with Crippen molar-refractivity contribution >= 4 is 11.6 Å². The third-order valence-electron chi connectivity index (χ3n) is 3.48. The van der Waals surface area contributed by atoms with Crippen LogP contribution in [0.3, 0.4) is 0 Å². The summed E-state index contributed by atoms with van der Waals surface area (Å²) in [5.74, 6) is 0. The van der Waals surface area contributed by atoms with Crippen molar-refractivity contribution in [3.63, 3.8) is 0 Å². The zero-order valence-corrected chi connectivity index (χ0v) is 10.4. The van der Waals surface area contributed by atoms with Crippen LogP contribution in [0.5, 0.6) is 0 Å². The van der Waals surface area contributed by atoms with Crippen LogP contribution in [0.1, 0.15) is 40.5 Å². The van der Waals surface area contributed by atoms with E-state index in [9.17, 15) is 0 Å². The summed E-state index contributed by atoms with van der Waals surface area (Å²) in [6, 6.07) is 6.65. The molecule has 1 aromatic carbocycles. The molecule has 0 fully saturated rings. The lowest BCUT2D eigenvalue weighted by atomic mass is 9.89. The van der Waals surface area contributed by atoms with Crippen molar-refractivity contribution in [2.24, 2.45) is 0 Å². The summed E-state index contributed by atoms with van der Waals surface area (Å²) in [4.78, 5) is 0. The van der Waals surface area contributed by atoms with Crippen LogP contribution in [0.4, 0.5) is 0 Å². The number of nitrogens with zero attached hydrogens (tertiary/aromatic N) is 1. The van der Waals surface area contributed by atoms with Gasteiger partial charge >= 0.3 is 0 Å². The third-order valence-corrected chi connectivity index (χ3v) is 3.98.